The SMILES string of the molecule is COCCOc1ccc(C(C)NC(=O)c2cc(C)n(-c3ccccc3)n2)cc1OC. The standard InChI is InChI=1S/C23H27N3O4/c1-16-14-20(25-26(16)19-8-6-5-7-9-19)23(27)24-17(2)18-10-11-21(22(15-18)29-4)30-13-12-28-3/h5-11,14-15,17H,12-13H2,1-4H3,(H,24,27). The average Bonchev–Trinajstić information content (AvgIpc) is 3.16. The topological polar surface area (TPSA) is 74.6 Å². The monoisotopic (exact) mass is 409 g/mol. The number of para-hydroxylation sites is 1. The van der Waals surface area contributed by atoms with Gasteiger partial charge in [0.2, 0.25) is 0 Å². The highest BCUT2D eigenvalue weighted by Gasteiger charge is 2.17. The Balaban J connectivity index is 1.71. The normalized spacial score (nSPS) is 11.7. The van der Waals surface area contributed by atoms with E-state index in [1.807, 2.05) is 62.4 Å². The highest BCUT2D eigenvalue weighted by molar-refractivity contribution is 5.92. The van der Waals surface area contributed by atoms with Crippen LogP contribution in [0.15, 0.2) is 54.6 Å². The minimum atomic E-state index is -0.236. The fourth-order valence-electron chi connectivity index (χ4n) is 3.08. The maximum atomic E-state index is 12.8. The van der Waals surface area contributed by atoms with E-state index in [1.54, 1.807) is 25.0 Å². The molecule has 1 heterocycles. The molecule has 7 heteroatoms. The number of nitrogens with zero attached hydrogens (tertiary/aromatic N) is 2. The minimum absolute atomic E-state index is 0.235. The summed E-state index contributed by atoms with van der Waals surface area (Å²) in [5.74, 6) is 1.00. The van der Waals surface area contributed by atoms with Crippen molar-refractivity contribution >= 4 is 5.91 Å². The zero-order valence-electron chi connectivity index (χ0n) is 17.7. The second kappa shape index (κ2) is 9.93. The maximum absolute atomic E-state index is 12.8. The van der Waals surface area contributed by atoms with Crippen LogP contribution in [0.3, 0.4) is 0 Å². The van der Waals surface area contributed by atoms with Gasteiger partial charge in [0, 0.05) is 12.8 Å². The molecule has 3 aromatic rings. The second-order valence-corrected chi connectivity index (χ2v) is 6.87. The molecule has 0 saturated heterocycles. The molecule has 0 aliphatic carbocycles. The molecule has 3 rings (SSSR count). The third-order valence-electron chi connectivity index (χ3n) is 4.70. The Hall–Kier alpha value is -3.32. The molecule has 0 spiro atoms. The fourth-order valence-corrected chi connectivity index (χ4v) is 3.08. The van der Waals surface area contributed by atoms with Crippen LogP contribution in [-0.2, 0) is 4.74 Å². The minimum Gasteiger partial charge on any atom is -0.493 e. The van der Waals surface area contributed by atoms with Crippen LogP contribution in [0.1, 0.15) is 34.7 Å². The number of amides is 1. The van der Waals surface area contributed by atoms with Crippen LogP contribution >= 0.6 is 0 Å². The smallest absolute Gasteiger partial charge is 0.272 e. The van der Waals surface area contributed by atoms with E-state index in [4.69, 9.17) is 14.2 Å². The molecule has 0 bridgehead atoms. The summed E-state index contributed by atoms with van der Waals surface area (Å²) in [5.41, 5.74) is 3.07. The number of rotatable bonds is 9. The lowest BCUT2D eigenvalue weighted by atomic mass is 10.1. The number of hydrogen-bond donors (Lipinski definition) is 1. The molecule has 0 fully saturated rings. The van der Waals surface area contributed by atoms with E-state index in [0.29, 0.717) is 30.4 Å². The van der Waals surface area contributed by atoms with E-state index in [1.165, 1.54) is 0 Å². The number of ether oxygens (including phenoxy) is 3. The van der Waals surface area contributed by atoms with Gasteiger partial charge in [0.15, 0.2) is 17.2 Å². The fraction of sp³-hybridized carbons (Fsp3) is 0.304. The molecule has 0 aliphatic rings. The molecule has 0 aliphatic heterocycles. The number of carbonyl (C=O) groups excluding carboxylic acids is 1. The lowest BCUT2D eigenvalue weighted by Crippen LogP contribution is -2.27. The van der Waals surface area contributed by atoms with Gasteiger partial charge in [-0.1, -0.05) is 24.3 Å². The lowest BCUT2D eigenvalue weighted by Gasteiger charge is -2.16. The van der Waals surface area contributed by atoms with E-state index < -0.39 is 0 Å². The predicted molar refractivity (Wildman–Crippen MR) is 115 cm³/mol. The van der Waals surface area contributed by atoms with Crippen LogP contribution in [-0.4, -0.2) is 43.1 Å². The lowest BCUT2D eigenvalue weighted by molar-refractivity contribution is 0.0934. The third kappa shape index (κ3) is 4.99. The van der Waals surface area contributed by atoms with Crippen molar-refractivity contribution in [3.05, 3.63) is 71.5 Å². The summed E-state index contributed by atoms with van der Waals surface area (Å²) in [6.07, 6.45) is 0. The second-order valence-electron chi connectivity index (χ2n) is 6.87. The molecule has 1 unspecified atom stereocenters. The van der Waals surface area contributed by atoms with Gasteiger partial charge in [0.05, 0.1) is 25.4 Å². The van der Waals surface area contributed by atoms with Gasteiger partial charge in [-0.15, -0.1) is 0 Å². The molecule has 0 saturated carbocycles. The number of aromatic nitrogens is 2. The van der Waals surface area contributed by atoms with Crippen LogP contribution in [0, 0.1) is 6.92 Å². The Morgan fingerprint density at radius 2 is 1.83 bits per heavy atom. The first-order valence-corrected chi connectivity index (χ1v) is 9.76. The Bertz CT molecular complexity index is 985. The average molecular weight is 409 g/mol. The zero-order chi connectivity index (χ0) is 21.5. The van der Waals surface area contributed by atoms with E-state index in [-0.39, 0.29) is 11.9 Å². The van der Waals surface area contributed by atoms with Gasteiger partial charge in [0.1, 0.15) is 6.61 Å². The van der Waals surface area contributed by atoms with Crippen LogP contribution in [0.4, 0.5) is 0 Å². The van der Waals surface area contributed by atoms with Gasteiger partial charge in [-0.05, 0) is 49.7 Å². The Labute approximate surface area is 176 Å². The first kappa shape index (κ1) is 21.4. The molecule has 30 heavy (non-hydrogen) atoms. The molecule has 1 N–H and O–H groups in total. The van der Waals surface area contributed by atoms with E-state index in [2.05, 4.69) is 10.4 Å². The van der Waals surface area contributed by atoms with E-state index >= 15 is 0 Å². The van der Waals surface area contributed by atoms with E-state index in [9.17, 15) is 4.79 Å². The zero-order valence-corrected chi connectivity index (χ0v) is 17.7. The summed E-state index contributed by atoms with van der Waals surface area (Å²) in [4.78, 5) is 12.8. The van der Waals surface area contributed by atoms with Crippen molar-refractivity contribution in [2.24, 2.45) is 0 Å². The number of carbonyl (C=O) groups is 1. The molecule has 0 radical (unpaired) electrons. The van der Waals surface area contributed by atoms with Gasteiger partial charge in [-0.3, -0.25) is 4.79 Å². The number of aryl methyl sites for hydroxylation is 1. The summed E-state index contributed by atoms with van der Waals surface area (Å²) < 4.78 is 17.9. The Kier molecular flexibility index (Phi) is 7.08. The van der Waals surface area contributed by atoms with Crippen LogP contribution < -0.4 is 14.8 Å². The van der Waals surface area contributed by atoms with Crippen molar-refractivity contribution in [1.82, 2.24) is 15.1 Å². The number of hydrogen-bond acceptors (Lipinski definition) is 5. The van der Waals surface area contributed by atoms with Crippen molar-refractivity contribution in [3.63, 3.8) is 0 Å². The van der Waals surface area contributed by atoms with Crippen molar-refractivity contribution in [3.8, 4) is 17.2 Å². The van der Waals surface area contributed by atoms with Crippen molar-refractivity contribution in [2.45, 2.75) is 19.9 Å². The molecular formula is C23H27N3O4. The van der Waals surface area contributed by atoms with Gasteiger partial charge in [0.25, 0.3) is 5.91 Å². The van der Waals surface area contributed by atoms with Crippen LogP contribution in [0.5, 0.6) is 11.5 Å². The van der Waals surface area contributed by atoms with Gasteiger partial charge < -0.3 is 19.5 Å². The number of nitrogens with one attached hydrogen (secondary N) is 1. The summed E-state index contributed by atoms with van der Waals surface area (Å²) in [6, 6.07) is 16.9. The molecule has 1 amide bonds. The highest BCUT2D eigenvalue weighted by atomic mass is 16.5. The van der Waals surface area contributed by atoms with Crippen molar-refractivity contribution in [2.75, 3.05) is 27.4 Å². The molecule has 2 aromatic carbocycles. The quantitative estimate of drug-likeness (QED) is 0.546. The first-order valence-electron chi connectivity index (χ1n) is 9.76. The molecule has 1 aromatic heterocycles. The van der Waals surface area contributed by atoms with Gasteiger partial charge in [-0.2, -0.15) is 5.10 Å². The van der Waals surface area contributed by atoms with Crippen LogP contribution in [0.2, 0.25) is 0 Å². The van der Waals surface area contributed by atoms with Crippen molar-refractivity contribution < 1.29 is 19.0 Å². The third-order valence-corrected chi connectivity index (χ3v) is 4.70. The maximum Gasteiger partial charge on any atom is 0.272 e. The number of benzene rings is 2. The Morgan fingerprint density at radius 3 is 2.53 bits per heavy atom. The highest BCUT2D eigenvalue weighted by Crippen LogP contribution is 2.30. The van der Waals surface area contributed by atoms with Crippen molar-refractivity contribution in [1.29, 1.82) is 0 Å². The molecule has 158 valence electrons. The first-order chi connectivity index (χ1) is 14.5. The largest absolute Gasteiger partial charge is 0.493 e. The Morgan fingerprint density at radius 1 is 1.07 bits per heavy atom. The van der Waals surface area contributed by atoms with Gasteiger partial charge in [-0.25, -0.2) is 4.68 Å². The molecule has 1 atom stereocenters. The molecule has 7 nitrogen and oxygen atoms in total. The molecular weight excluding hydrogens is 382 g/mol. The summed E-state index contributed by atoms with van der Waals surface area (Å²) in [5, 5.41) is 7.46. The van der Waals surface area contributed by atoms with Gasteiger partial charge >= 0.3 is 0 Å². The van der Waals surface area contributed by atoms with E-state index in [0.717, 1.165) is 16.9 Å². The summed E-state index contributed by atoms with van der Waals surface area (Å²) in [7, 11) is 3.21. The summed E-state index contributed by atoms with van der Waals surface area (Å²) >= 11 is 0. The predicted octanol–water partition coefficient (Wildman–Crippen LogP) is 3.71. The number of methoxy groups -OCH3 is 2. The van der Waals surface area contributed by atoms with Crippen LogP contribution in [0.25, 0.3) is 5.69 Å². The summed E-state index contributed by atoms with van der Waals surface area (Å²) in [6.45, 7) is 4.76.